The first kappa shape index (κ1) is 17.4. The van der Waals surface area contributed by atoms with E-state index in [1.54, 1.807) is 0 Å². The highest BCUT2D eigenvalue weighted by Crippen LogP contribution is 2.19. The number of benzene rings is 1. The van der Waals surface area contributed by atoms with E-state index in [2.05, 4.69) is 15.6 Å². The molecule has 0 saturated heterocycles. The van der Waals surface area contributed by atoms with Crippen LogP contribution in [0.25, 0.3) is 0 Å². The van der Waals surface area contributed by atoms with Gasteiger partial charge in [-0.25, -0.2) is 9.78 Å². The van der Waals surface area contributed by atoms with Crippen molar-refractivity contribution < 1.29 is 9.53 Å². The van der Waals surface area contributed by atoms with Crippen LogP contribution in [0.2, 0.25) is 10.3 Å². The zero-order chi connectivity index (χ0) is 16.7. The highest BCUT2D eigenvalue weighted by Gasteiger charge is 2.06. The van der Waals surface area contributed by atoms with E-state index in [1.165, 1.54) is 12.1 Å². The lowest BCUT2D eigenvalue weighted by Crippen LogP contribution is -2.30. The summed E-state index contributed by atoms with van der Waals surface area (Å²) >= 11 is 11.6. The monoisotopic (exact) mass is 353 g/mol. The van der Waals surface area contributed by atoms with Crippen LogP contribution in [0.3, 0.4) is 0 Å². The number of hydrogen-bond acceptors (Lipinski definition) is 3. The molecule has 0 aliphatic carbocycles. The average molecular weight is 354 g/mol. The number of nitrogens with zero attached hydrogens (tertiary/aromatic N) is 1. The van der Waals surface area contributed by atoms with Crippen molar-refractivity contribution in [3.63, 3.8) is 0 Å². The Morgan fingerprint density at radius 2 is 1.91 bits per heavy atom. The summed E-state index contributed by atoms with van der Waals surface area (Å²) in [5, 5.41) is 5.88. The number of amides is 2. The molecule has 0 bridgehead atoms. The van der Waals surface area contributed by atoms with E-state index in [-0.39, 0.29) is 16.3 Å². The van der Waals surface area contributed by atoms with Gasteiger partial charge in [0.15, 0.2) is 0 Å². The Labute approximate surface area is 145 Å². The SMILES string of the molecule is CCOc1ccccc1CCNC(=O)Nc1cc(Cl)nc(Cl)c1. The van der Waals surface area contributed by atoms with Crippen molar-refractivity contribution in [3.05, 3.63) is 52.3 Å². The quantitative estimate of drug-likeness (QED) is 0.766. The lowest BCUT2D eigenvalue weighted by atomic mass is 10.1. The van der Waals surface area contributed by atoms with Gasteiger partial charge in [0.1, 0.15) is 16.1 Å². The maximum Gasteiger partial charge on any atom is 0.319 e. The predicted molar refractivity (Wildman–Crippen MR) is 92.6 cm³/mol. The van der Waals surface area contributed by atoms with E-state index in [1.807, 2.05) is 31.2 Å². The Hall–Kier alpha value is -1.98. The van der Waals surface area contributed by atoms with Crippen LogP contribution in [0.15, 0.2) is 36.4 Å². The molecule has 1 heterocycles. The van der Waals surface area contributed by atoms with Gasteiger partial charge in [-0.1, -0.05) is 41.4 Å². The van der Waals surface area contributed by atoms with Gasteiger partial charge in [0.2, 0.25) is 0 Å². The first-order valence-corrected chi connectivity index (χ1v) is 7.92. The van der Waals surface area contributed by atoms with Gasteiger partial charge in [-0.2, -0.15) is 0 Å². The third-order valence-corrected chi connectivity index (χ3v) is 3.36. The minimum Gasteiger partial charge on any atom is -0.494 e. The summed E-state index contributed by atoms with van der Waals surface area (Å²) in [7, 11) is 0. The second kappa shape index (κ2) is 8.60. The van der Waals surface area contributed by atoms with Crippen LogP contribution in [0.1, 0.15) is 12.5 Å². The van der Waals surface area contributed by atoms with Crippen LogP contribution < -0.4 is 15.4 Å². The summed E-state index contributed by atoms with van der Waals surface area (Å²) in [5.41, 5.74) is 1.53. The lowest BCUT2D eigenvalue weighted by Gasteiger charge is -2.11. The number of hydrogen-bond donors (Lipinski definition) is 2. The van der Waals surface area contributed by atoms with Crippen molar-refractivity contribution in [1.82, 2.24) is 10.3 Å². The normalized spacial score (nSPS) is 10.2. The molecule has 7 heteroatoms. The zero-order valence-corrected chi connectivity index (χ0v) is 14.1. The van der Waals surface area contributed by atoms with Crippen LogP contribution in [0.5, 0.6) is 5.75 Å². The molecule has 5 nitrogen and oxygen atoms in total. The summed E-state index contributed by atoms with van der Waals surface area (Å²) in [6.45, 7) is 3.02. The molecule has 0 atom stereocenters. The topological polar surface area (TPSA) is 63.2 Å². The Balaban J connectivity index is 1.85. The van der Waals surface area contributed by atoms with E-state index in [9.17, 15) is 4.79 Å². The molecule has 0 aliphatic heterocycles. The van der Waals surface area contributed by atoms with Gasteiger partial charge in [0, 0.05) is 12.2 Å². The molecular formula is C16H17Cl2N3O2. The molecule has 2 aromatic rings. The van der Waals surface area contributed by atoms with Crippen LogP contribution >= 0.6 is 23.2 Å². The van der Waals surface area contributed by atoms with Gasteiger partial charge < -0.3 is 15.4 Å². The third-order valence-electron chi connectivity index (χ3n) is 2.97. The Morgan fingerprint density at radius 3 is 2.61 bits per heavy atom. The number of ether oxygens (including phenoxy) is 1. The number of carbonyl (C=O) groups is 1. The fourth-order valence-electron chi connectivity index (χ4n) is 2.03. The molecule has 122 valence electrons. The molecule has 0 aliphatic rings. The van der Waals surface area contributed by atoms with Crippen LogP contribution in [-0.4, -0.2) is 24.2 Å². The van der Waals surface area contributed by atoms with Gasteiger partial charge in [-0.15, -0.1) is 0 Å². The number of aromatic nitrogens is 1. The van der Waals surface area contributed by atoms with Gasteiger partial charge in [-0.3, -0.25) is 0 Å². The largest absolute Gasteiger partial charge is 0.494 e. The molecule has 0 unspecified atom stereocenters. The number of urea groups is 1. The summed E-state index contributed by atoms with van der Waals surface area (Å²) in [6.07, 6.45) is 0.668. The number of nitrogens with one attached hydrogen (secondary N) is 2. The number of para-hydroxylation sites is 1. The van der Waals surface area contributed by atoms with Crippen LogP contribution in [-0.2, 0) is 6.42 Å². The van der Waals surface area contributed by atoms with Crippen LogP contribution in [0.4, 0.5) is 10.5 Å². The minimum absolute atomic E-state index is 0.221. The third kappa shape index (κ3) is 5.62. The predicted octanol–water partition coefficient (Wildman–Crippen LogP) is 4.15. The number of carbonyl (C=O) groups excluding carboxylic acids is 1. The molecule has 0 radical (unpaired) electrons. The first-order valence-electron chi connectivity index (χ1n) is 7.17. The average Bonchev–Trinajstić information content (AvgIpc) is 2.48. The molecule has 2 amide bonds. The van der Waals surface area contributed by atoms with E-state index >= 15 is 0 Å². The smallest absolute Gasteiger partial charge is 0.319 e. The number of halogens is 2. The molecule has 0 saturated carbocycles. The lowest BCUT2D eigenvalue weighted by molar-refractivity contribution is 0.252. The van der Waals surface area contributed by atoms with Crippen LogP contribution in [0, 0.1) is 0 Å². The molecule has 0 fully saturated rings. The molecule has 23 heavy (non-hydrogen) atoms. The second-order valence-corrected chi connectivity index (χ2v) is 5.45. The Bertz CT molecular complexity index is 660. The van der Waals surface area contributed by atoms with Crippen molar-refractivity contribution >= 4 is 34.9 Å². The number of pyridine rings is 1. The van der Waals surface area contributed by atoms with Gasteiger partial charge in [-0.05, 0) is 37.1 Å². The van der Waals surface area contributed by atoms with E-state index < -0.39 is 0 Å². The van der Waals surface area contributed by atoms with Crippen molar-refractivity contribution in [2.45, 2.75) is 13.3 Å². The molecule has 2 rings (SSSR count). The highest BCUT2D eigenvalue weighted by atomic mass is 35.5. The minimum atomic E-state index is -0.336. The van der Waals surface area contributed by atoms with E-state index in [0.29, 0.717) is 25.3 Å². The summed E-state index contributed by atoms with van der Waals surface area (Å²) in [6, 6.07) is 10.5. The standard InChI is InChI=1S/C16H17Cl2N3O2/c1-2-23-13-6-4-3-5-11(13)7-8-19-16(22)20-12-9-14(17)21-15(18)10-12/h3-6,9-10H,2,7-8H2,1H3,(H2,19,20,21,22). The van der Waals surface area contributed by atoms with Crippen molar-refractivity contribution in [3.8, 4) is 5.75 Å². The fraction of sp³-hybridized carbons (Fsp3) is 0.250. The van der Waals surface area contributed by atoms with Gasteiger partial charge >= 0.3 is 6.03 Å². The van der Waals surface area contributed by atoms with E-state index in [0.717, 1.165) is 11.3 Å². The number of anilines is 1. The second-order valence-electron chi connectivity index (χ2n) is 4.67. The number of rotatable bonds is 6. The fourth-order valence-corrected chi connectivity index (χ4v) is 2.49. The molecule has 0 spiro atoms. The van der Waals surface area contributed by atoms with Crippen molar-refractivity contribution in [1.29, 1.82) is 0 Å². The zero-order valence-electron chi connectivity index (χ0n) is 12.6. The van der Waals surface area contributed by atoms with E-state index in [4.69, 9.17) is 27.9 Å². The first-order chi connectivity index (χ1) is 11.1. The van der Waals surface area contributed by atoms with Crippen molar-refractivity contribution in [2.75, 3.05) is 18.5 Å². The maximum atomic E-state index is 11.9. The Morgan fingerprint density at radius 1 is 1.22 bits per heavy atom. The molecule has 2 N–H and O–H groups in total. The van der Waals surface area contributed by atoms with Gasteiger partial charge in [0.25, 0.3) is 0 Å². The highest BCUT2D eigenvalue weighted by molar-refractivity contribution is 6.32. The molecular weight excluding hydrogens is 337 g/mol. The van der Waals surface area contributed by atoms with Gasteiger partial charge in [0.05, 0.1) is 6.61 Å². The molecule has 1 aromatic carbocycles. The molecule has 1 aromatic heterocycles. The summed E-state index contributed by atoms with van der Waals surface area (Å²) < 4.78 is 5.55. The maximum absolute atomic E-state index is 11.9. The van der Waals surface area contributed by atoms with Crippen molar-refractivity contribution in [2.24, 2.45) is 0 Å². The summed E-state index contributed by atoms with van der Waals surface area (Å²) in [5.74, 6) is 0.838. The summed E-state index contributed by atoms with van der Waals surface area (Å²) in [4.78, 5) is 15.7. The Kier molecular flexibility index (Phi) is 6.50.